The number of methoxy groups -OCH3 is 1. The molecule has 1 aliphatic carbocycles. The molecule has 2 heteroatoms. The van der Waals surface area contributed by atoms with Crippen LogP contribution < -0.4 is 10.5 Å². The topological polar surface area (TPSA) is 35.2 Å². The Balaban J connectivity index is 2.53. The second-order valence-corrected chi connectivity index (χ2v) is 3.44. The first-order chi connectivity index (χ1) is 6.36. The molecule has 70 valence electrons. The van der Waals surface area contributed by atoms with Gasteiger partial charge in [0.1, 0.15) is 5.75 Å². The predicted octanol–water partition coefficient (Wildman–Crippen LogP) is 1.64. The molecule has 0 aromatic heterocycles. The first-order valence-corrected chi connectivity index (χ1v) is 4.74. The van der Waals surface area contributed by atoms with Gasteiger partial charge in [-0.2, -0.15) is 0 Å². The molecule has 0 spiro atoms. The Bertz CT molecular complexity index is 320. The van der Waals surface area contributed by atoms with E-state index >= 15 is 0 Å². The molecule has 0 saturated heterocycles. The van der Waals surface area contributed by atoms with Crippen LogP contribution >= 0.6 is 0 Å². The zero-order valence-corrected chi connectivity index (χ0v) is 7.97. The highest BCUT2D eigenvalue weighted by Gasteiger charge is 2.16. The lowest BCUT2D eigenvalue weighted by atomic mass is 10.0. The van der Waals surface area contributed by atoms with E-state index in [2.05, 4.69) is 6.07 Å². The quantitative estimate of drug-likeness (QED) is 0.745. The van der Waals surface area contributed by atoms with E-state index in [4.69, 9.17) is 10.5 Å². The molecular formula is C11H15NO. The Morgan fingerprint density at radius 2 is 2.23 bits per heavy atom. The average molecular weight is 177 g/mol. The van der Waals surface area contributed by atoms with Crippen LogP contribution in [0.2, 0.25) is 0 Å². The van der Waals surface area contributed by atoms with Crippen molar-refractivity contribution in [2.24, 2.45) is 5.73 Å². The maximum absolute atomic E-state index is 5.72. The number of rotatable bonds is 2. The van der Waals surface area contributed by atoms with Crippen LogP contribution in [0.3, 0.4) is 0 Å². The molecule has 0 unspecified atom stereocenters. The molecule has 0 fully saturated rings. The molecule has 0 amide bonds. The van der Waals surface area contributed by atoms with Gasteiger partial charge in [0.2, 0.25) is 0 Å². The summed E-state index contributed by atoms with van der Waals surface area (Å²) in [6.07, 6.45) is 3.63. The van der Waals surface area contributed by atoms with Crippen molar-refractivity contribution in [3.8, 4) is 5.75 Å². The third-order valence-electron chi connectivity index (χ3n) is 2.78. The molecule has 1 aromatic rings. The summed E-state index contributed by atoms with van der Waals surface area (Å²) >= 11 is 0. The first-order valence-electron chi connectivity index (χ1n) is 4.74. The fraction of sp³-hybridized carbons (Fsp3) is 0.455. The number of hydrogen-bond donors (Lipinski definition) is 1. The summed E-state index contributed by atoms with van der Waals surface area (Å²) in [7, 11) is 1.70. The van der Waals surface area contributed by atoms with E-state index in [1.165, 1.54) is 36.0 Å². The fourth-order valence-electron chi connectivity index (χ4n) is 2.14. The SMILES string of the molecule is COc1ccc2c(c1CN)CCC2. The monoisotopic (exact) mass is 177 g/mol. The molecule has 0 atom stereocenters. The number of aryl methyl sites for hydroxylation is 1. The van der Waals surface area contributed by atoms with E-state index in [0.29, 0.717) is 6.54 Å². The molecular weight excluding hydrogens is 162 g/mol. The lowest BCUT2D eigenvalue weighted by Gasteiger charge is -2.11. The molecule has 0 aliphatic heterocycles. The molecule has 2 rings (SSSR count). The van der Waals surface area contributed by atoms with Crippen LogP contribution in [0.4, 0.5) is 0 Å². The molecule has 2 nitrogen and oxygen atoms in total. The van der Waals surface area contributed by atoms with Crippen molar-refractivity contribution in [3.05, 3.63) is 28.8 Å². The van der Waals surface area contributed by atoms with Gasteiger partial charge in [-0.1, -0.05) is 6.07 Å². The predicted molar refractivity (Wildman–Crippen MR) is 52.9 cm³/mol. The Hall–Kier alpha value is -1.02. The van der Waals surface area contributed by atoms with Crippen molar-refractivity contribution in [2.75, 3.05) is 7.11 Å². The highest BCUT2D eigenvalue weighted by molar-refractivity contribution is 5.47. The second-order valence-electron chi connectivity index (χ2n) is 3.44. The summed E-state index contributed by atoms with van der Waals surface area (Å²) < 4.78 is 5.28. The molecule has 0 radical (unpaired) electrons. The van der Waals surface area contributed by atoms with Crippen molar-refractivity contribution in [2.45, 2.75) is 25.8 Å². The maximum atomic E-state index is 5.72. The highest BCUT2D eigenvalue weighted by Crippen LogP contribution is 2.31. The zero-order chi connectivity index (χ0) is 9.26. The summed E-state index contributed by atoms with van der Waals surface area (Å²) in [6, 6.07) is 4.20. The van der Waals surface area contributed by atoms with Gasteiger partial charge in [0, 0.05) is 12.1 Å². The minimum absolute atomic E-state index is 0.590. The maximum Gasteiger partial charge on any atom is 0.123 e. The zero-order valence-electron chi connectivity index (χ0n) is 7.97. The number of hydrogen-bond acceptors (Lipinski definition) is 2. The van der Waals surface area contributed by atoms with Gasteiger partial charge in [0.15, 0.2) is 0 Å². The number of nitrogens with two attached hydrogens (primary N) is 1. The Kier molecular flexibility index (Phi) is 2.23. The van der Waals surface area contributed by atoms with Gasteiger partial charge in [-0.05, 0) is 36.5 Å². The Labute approximate surface area is 78.7 Å². The first kappa shape index (κ1) is 8.57. The third-order valence-corrected chi connectivity index (χ3v) is 2.78. The lowest BCUT2D eigenvalue weighted by molar-refractivity contribution is 0.409. The molecule has 1 aromatic carbocycles. The Morgan fingerprint density at radius 3 is 2.92 bits per heavy atom. The molecule has 2 N–H and O–H groups in total. The van der Waals surface area contributed by atoms with Crippen LogP contribution in [-0.2, 0) is 19.4 Å². The second kappa shape index (κ2) is 3.38. The minimum Gasteiger partial charge on any atom is -0.496 e. The van der Waals surface area contributed by atoms with Crippen molar-refractivity contribution in [1.82, 2.24) is 0 Å². The molecule has 0 bridgehead atoms. The summed E-state index contributed by atoms with van der Waals surface area (Å²) in [5.41, 5.74) is 9.82. The lowest BCUT2D eigenvalue weighted by Crippen LogP contribution is -2.04. The van der Waals surface area contributed by atoms with Crippen LogP contribution in [0.25, 0.3) is 0 Å². The van der Waals surface area contributed by atoms with E-state index in [9.17, 15) is 0 Å². The molecule has 1 aliphatic rings. The van der Waals surface area contributed by atoms with Gasteiger partial charge >= 0.3 is 0 Å². The Morgan fingerprint density at radius 1 is 1.38 bits per heavy atom. The minimum atomic E-state index is 0.590. The average Bonchev–Trinajstić information content (AvgIpc) is 2.63. The van der Waals surface area contributed by atoms with Gasteiger partial charge in [0.05, 0.1) is 7.11 Å². The number of fused-ring (bicyclic) bond motifs is 1. The van der Waals surface area contributed by atoms with Gasteiger partial charge in [0.25, 0.3) is 0 Å². The van der Waals surface area contributed by atoms with Crippen LogP contribution in [0.5, 0.6) is 5.75 Å². The van der Waals surface area contributed by atoms with Crippen LogP contribution in [0.15, 0.2) is 12.1 Å². The number of benzene rings is 1. The van der Waals surface area contributed by atoms with Crippen LogP contribution in [0, 0.1) is 0 Å². The largest absolute Gasteiger partial charge is 0.496 e. The number of ether oxygens (including phenoxy) is 1. The van der Waals surface area contributed by atoms with Crippen LogP contribution in [0.1, 0.15) is 23.1 Å². The summed E-state index contributed by atoms with van der Waals surface area (Å²) in [5.74, 6) is 0.947. The van der Waals surface area contributed by atoms with Crippen molar-refractivity contribution < 1.29 is 4.74 Å². The van der Waals surface area contributed by atoms with E-state index < -0.39 is 0 Å². The van der Waals surface area contributed by atoms with Gasteiger partial charge < -0.3 is 10.5 Å². The summed E-state index contributed by atoms with van der Waals surface area (Å²) in [5, 5.41) is 0. The molecule has 0 heterocycles. The van der Waals surface area contributed by atoms with E-state index in [1.54, 1.807) is 7.11 Å². The van der Waals surface area contributed by atoms with Crippen LogP contribution in [-0.4, -0.2) is 7.11 Å². The van der Waals surface area contributed by atoms with E-state index in [-0.39, 0.29) is 0 Å². The smallest absolute Gasteiger partial charge is 0.123 e. The van der Waals surface area contributed by atoms with Gasteiger partial charge in [-0.3, -0.25) is 0 Å². The standard InChI is InChI=1S/C11H15NO/c1-13-11-6-5-8-3-2-4-9(8)10(11)7-12/h5-6H,2-4,7,12H2,1H3. The van der Waals surface area contributed by atoms with E-state index in [1.807, 2.05) is 6.07 Å². The highest BCUT2D eigenvalue weighted by atomic mass is 16.5. The normalized spacial score (nSPS) is 14.3. The van der Waals surface area contributed by atoms with Gasteiger partial charge in [-0.25, -0.2) is 0 Å². The molecule has 13 heavy (non-hydrogen) atoms. The summed E-state index contributed by atoms with van der Waals surface area (Å²) in [4.78, 5) is 0. The summed E-state index contributed by atoms with van der Waals surface area (Å²) in [6.45, 7) is 0.590. The molecule has 0 saturated carbocycles. The third kappa shape index (κ3) is 1.31. The fourth-order valence-corrected chi connectivity index (χ4v) is 2.14. The van der Waals surface area contributed by atoms with Gasteiger partial charge in [-0.15, -0.1) is 0 Å². The van der Waals surface area contributed by atoms with Crippen molar-refractivity contribution in [3.63, 3.8) is 0 Å². The van der Waals surface area contributed by atoms with Crippen molar-refractivity contribution >= 4 is 0 Å². The van der Waals surface area contributed by atoms with Crippen molar-refractivity contribution in [1.29, 1.82) is 0 Å². The van der Waals surface area contributed by atoms with E-state index in [0.717, 1.165) is 5.75 Å².